The largest absolute Gasteiger partial charge is 0.443 e. The highest BCUT2D eigenvalue weighted by Gasteiger charge is 2.31. The minimum absolute atomic E-state index is 0.324. The number of carbonyl (C=O) groups is 1. The van der Waals surface area contributed by atoms with E-state index >= 15 is 0 Å². The highest BCUT2D eigenvalue weighted by molar-refractivity contribution is 5.72. The zero-order valence-corrected chi connectivity index (χ0v) is 10.3. The lowest BCUT2D eigenvalue weighted by Crippen LogP contribution is -2.27. The lowest BCUT2D eigenvalue weighted by atomic mass is 10.2. The summed E-state index contributed by atoms with van der Waals surface area (Å²) in [6.45, 7) is 7.50. The molecule has 2 rings (SSSR count). The molecule has 4 heteroatoms. The Morgan fingerprint density at radius 2 is 2.12 bits per heavy atom. The van der Waals surface area contributed by atoms with Crippen molar-refractivity contribution in [3.05, 3.63) is 17.7 Å². The van der Waals surface area contributed by atoms with Crippen molar-refractivity contribution in [1.29, 1.82) is 0 Å². The van der Waals surface area contributed by atoms with E-state index in [1.54, 1.807) is 10.8 Å². The standard InChI is InChI=1S/C12H18N2O2/c1-8-7-14(10(13-8)9-5-6-9)11(15)16-12(2,3)4/h7,9H,5-6H2,1-4H3. The topological polar surface area (TPSA) is 44.1 Å². The van der Waals surface area contributed by atoms with E-state index in [4.69, 9.17) is 4.74 Å². The fourth-order valence-corrected chi connectivity index (χ4v) is 1.60. The van der Waals surface area contributed by atoms with Crippen LogP contribution in [-0.4, -0.2) is 21.2 Å². The summed E-state index contributed by atoms with van der Waals surface area (Å²) in [5, 5.41) is 0. The first-order valence-corrected chi connectivity index (χ1v) is 5.66. The molecule has 1 heterocycles. The van der Waals surface area contributed by atoms with Gasteiger partial charge >= 0.3 is 6.09 Å². The molecular formula is C12H18N2O2. The van der Waals surface area contributed by atoms with Gasteiger partial charge in [0.25, 0.3) is 0 Å². The fraction of sp³-hybridized carbons (Fsp3) is 0.667. The quantitative estimate of drug-likeness (QED) is 0.733. The highest BCUT2D eigenvalue weighted by Crippen LogP contribution is 2.39. The van der Waals surface area contributed by atoms with E-state index in [0.29, 0.717) is 5.92 Å². The third-order valence-electron chi connectivity index (χ3n) is 2.39. The number of hydrogen-bond donors (Lipinski definition) is 0. The maximum atomic E-state index is 11.9. The normalized spacial score (nSPS) is 16.2. The van der Waals surface area contributed by atoms with Crippen LogP contribution < -0.4 is 0 Å². The van der Waals surface area contributed by atoms with Gasteiger partial charge in [-0.1, -0.05) is 0 Å². The number of aryl methyl sites for hydroxylation is 1. The molecule has 88 valence electrons. The maximum Gasteiger partial charge on any atom is 0.420 e. The number of ether oxygens (including phenoxy) is 1. The van der Waals surface area contributed by atoms with Gasteiger partial charge in [-0.05, 0) is 40.5 Å². The molecule has 16 heavy (non-hydrogen) atoms. The first kappa shape index (κ1) is 11.2. The van der Waals surface area contributed by atoms with Gasteiger partial charge in [0.15, 0.2) is 0 Å². The fourth-order valence-electron chi connectivity index (χ4n) is 1.60. The molecule has 4 nitrogen and oxygen atoms in total. The molecule has 0 aromatic carbocycles. The second-order valence-electron chi connectivity index (χ2n) is 5.37. The predicted molar refractivity (Wildman–Crippen MR) is 60.6 cm³/mol. The summed E-state index contributed by atoms with van der Waals surface area (Å²) in [5.41, 5.74) is 0.406. The van der Waals surface area contributed by atoms with Gasteiger partial charge in [-0.2, -0.15) is 0 Å². The summed E-state index contributed by atoms with van der Waals surface area (Å²) in [7, 11) is 0. The number of hydrogen-bond acceptors (Lipinski definition) is 3. The number of rotatable bonds is 1. The molecule has 0 radical (unpaired) electrons. The lowest BCUT2D eigenvalue weighted by molar-refractivity contribution is 0.0531. The van der Waals surface area contributed by atoms with Gasteiger partial charge in [0.2, 0.25) is 0 Å². The Kier molecular flexibility index (Phi) is 2.52. The minimum Gasteiger partial charge on any atom is -0.443 e. The summed E-state index contributed by atoms with van der Waals surface area (Å²) in [6.07, 6.45) is 3.68. The molecule has 0 bridgehead atoms. The second-order valence-corrected chi connectivity index (χ2v) is 5.37. The second kappa shape index (κ2) is 3.61. The maximum absolute atomic E-state index is 11.9. The minimum atomic E-state index is -0.462. The Morgan fingerprint density at radius 1 is 1.50 bits per heavy atom. The van der Waals surface area contributed by atoms with Crippen molar-refractivity contribution in [2.24, 2.45) is 0 Å². The molecule has 0 unspecified atom stereocenters. The van der Waals surface area contributed by atoms with Crippen molar-refractivity contribution in [2.75, 3.05) is 0 Å². The van der Waals surface area contributed by atoms with Crippen molar-refractivity contribution < 1.29 is 9.53 Å². The van der Waals surface area contributed by atoms with Crippen molar-refractivity contribution in [2.45, 2.75) is 52.1 Å². The molecule has 0 N–H and O–H groups in total. The molecule has 1 saturated carbocycles. The van der Waals surface area contributed by atoms with Crippen LogP contribution in [0.1, 0.15) is 51.0 Å². The van der Waals surface area contributed by atoms with E-state index in [0.717, 1.165) is 24.4 Å². The zero-order valence-electron chi connectivity index (χ0n) is 10.3. The van der Waals surface area contributed by atoms with Crippen LogP contribution >= 0.6 is 0 Å². The summed E-state index contributed by atoms with van der Waals surface area (Å²) >= 11 is 0. The summed E-state index contributed by atoms with van der Waals surface area (Å²) < 4.78 is 6.89. The Hall–Kier alpha value is -1.32. The Labute approximate surface area is 95.6 Å². The average Bonchev–Trinajstić information content (AvgIpc) is 2.87. The van der Waals surface area contributed by atoms with Gasteiger partial charge in [0.1, 0.15) is 11.4 Å². The molecule has 1 aromatic rings. The van der Waals surface area contributed by atoms with Crippen molar-refractivity contribution in [3.63, 3.8) is 0 Å². The van der Waals surface area contributed by atoms with Crippen LogP contribution in [0.2, 0.25) is 0 Å². The predicted octanol–water partition coefficient (Wildman–Crippen LogP) is 2.85. The number of carbonyl (C=O) groups excluding carboxylic acids is 1. The zero-order chi connectivity index (χ0) is 11.9. The van der Waals surface area contributed by atoms with E-state index in [-0.39, 0.29) is 6.09 Å². The van der Waals surface area contributed by atoms with E-state index in [1.165, 1.54) is 0 Å². The summed E-state index contributed by atoms with van der Waals surface area (Å²) in [6, 6.07) is 0. The SMILES string of the molecule is Cc1cn(C(=O)OC(C)(C)C)c(C2CC2)n1. The van der Waals surface area contributed by atoms with Crippen LogP contribution in [-0.2, 0) is 4.74 Å². The summed E-state index contributed by atoms with van der Waals surface area (Å²) in [4.78, 5) is 16.3. The van der Waals surface area contributed by atoms with Crippen molar-refractivity contribution in [1.82, 2.24) is 9.55 Å². The van der Waals surface area contributed by atoms with Crippen molar-refractivity contribution >= 4 is 6.09 Å². The Morgan fingerprint density at radius 3 is 2.62 bits per heavy atom. The van der Waals surface area contributed by atoms with E-state index in [2.05, 4.69) is 4.98 Å². The molecule has 0 atom stereocenters. The van der Waals surface area contributed by atoms with E-state index in [1.807, 2.05) is 27.7 Å². The third kappa shape index (κ3) is 2.43. The molecule has 1 aromatic heterocycles. The first-order chi connectivity index (χ1) is 7.37. The van der Waals surface area contributed by atoms with Gasteiger partial charge < -0.3 is 4.74 Å². The van der Waals surface area contributed by atoms with Gasteiger partial charge in [0.05, 0.1) is 5.69 Å². The van der Waals surface area contributed by atoms with Gasteiger partial charge in [-0.3, -0.25) is 0 Å². The highest BCUT2D eigenvalue weighted by atomic mass is 16.6. The molecule has 1 aliphatic rings. The number of aromatic nitrogens is 2. The van der Waals surface area contributed by atoms with Crippen LogP contribution in [0, 0.1) is 6.92 Å². The van der Waals surface area contributed by atoms with Crippen LogP contribution in [0.4, 0.5) is 4.79 Å². The average molecular weight is 222 g/mol. The lowest BCUT2D eigenvalue weighted by Gasteiger charge is -2.20. The van der Waals surface area contributed by atoms with Crippen LogP contribution in [0.25, 0.3) is 0 Å². The molecule has 0 amide bonds. The molecule has 1 aliphatic carbocycles. The molecule has 0 saturated heterocycles. The molecular weight excluding hydrogens is 204 g/mol. The number of imidazole rings is 1. The van der Waals surface area contributed by atoms with E-state index in [9.17, 15) is 4.79 Å². The third-order valence-corrected chi connectivity index (χ3v) is 2.39. The smallest absolute Gasteiger partial charge is 0.420 e. The van der Waals surface area contributed by atoms with Gasteiger partial charge in [0, 0.05) is 12.1 Å². The first-order valence-electron chi connectivity index (χ1n) is 5.66. The monoisotopic (exact) mass is 222 g/mol. The van der Waals surface area contributed by atoms with Gasteiger partial charge in [-0.25, -0.2) is 14.3 Å². The molecule has 0 aliphatic heterocycles. The molecule has 0 spiro atoms. The van der Waals surface area contributed by atoms with E-state index < -0.39 is 5.60 Å². The van der Waals surface area contributed by atoms with Crippen LogP contribution in [0.5, 0.6) is 0 Å². The van der Waals surface area contributed by atoms with Crippen LogP contribution in [0.15, 0.2) is 6.20 Å². The number of nitrogens with zero attached hydrogens (tertiary/aromatic N) is 2. The Balaban J connectivity index is 2.22. The molecule has 1 fully saturated rings. The van der Waals surface area contributed by atoms with Gasteiger partial charge in [-0.15, -0.1) is 0 Å². The summed E-state index contributed by atoms with van der Waals surface area (Å²) in [5.74, 6) is 1.30. The van der Waals surface area contributed by atoms with Crippen molar-refractivity contribution in [3.8, 4) is 0 Å². The Bertz CT molecular complexity index is 411. The van der Waals surface area contributed by atoms with Crippen LogP contribution in [0.3, 0.4) is 0 Å².